The highest BCUT2D eigenvalue weighted by atomic mass is 19.1. The molecule has 2 heterocycles. The first-order valence-corrected chi connectivity index (χ1v) is 8.13. The average molecular weight is 340 g/mol. The zero-order valence-corrected chi connectivity index (χ0v) is 13.4. The number of nitrogens with zero attached hydrogens (tertiary/aromatic N) is 4. The zero-order valence-electron chi connectivity index (χ0n) is 13.4. The van der Waals surface area contributed by atoms with Crippen molar-refractivity contribution in [3.05, 3.63) is 59.9 Å². The summed E-state index contributed by atoms with van der Waals surface area (Å²) in [5, 5.41) is 18.1. The Morgan fingerprint density at radius 3 is 2.76 bits per heavy atom. The van der Waals surface area contributed by atoms with Gasteiger partial charge < -0.3 is 10.0 Å². The number of rotatable bonds is 3. The number of likely N-dealkylation sites (tertiary alicyclic amines) is 1. The Kier molecular flexibility index (Phi) is 3.93. The molecule has 25 heavy (non-hydrogen) atoms. The molecule has 6 nitrogen and oxygen atoms in total. The van der Waals surface area contributed by atoms with Gasteiger partial charge in [-0.1, -0.05) is 29.5 Å². The molecule has 2 aromatic carbocycles. The Morgan fingerprint density at radius 2 is 1.96 bits per heavy atom. The molecule has 1 N–H and O–H groups in total. The van der Waals surface area contributed by atoms with Gasteiger partial charge >= 0.3 is 0 Å². The molecule has 1 saturated heterocycles. The monoisotopic (exact) mass is 340 g/mol. The minimum absolute atomic E-state index is 0.0466. The Hall–Kier alpha value is -2.80. The fourth-order valence-electron chi connectivity index (χ4n) is 3.34. The van der Waals surface area contributed by atoms with E-state index in [9.17, 15) is 14.3 Å². The van der Waals surface area contributed by atoms with E-state index >= 15 is 0 Å². The Bertz CT molecular complexity index is 909. The fraction of sp³-hybridized carbons (Fsp3) is 0.278. The lowest BCUT2D eigenvalue weighted by molar-refractivity contribution is -0.133. The second-order valence-corrected chi connectivity index (χ2v) is 6.24. The summed E-state index contributed by atoms with van der Waals surface area (Å²) in [5.41, 5.74) is 2.33. The topological polar surface area (TPSA) is 71.2 Å². The van der Waals surface area contributed by atoms with Crippen molar-refractivity contribution in [1.29, 1.82) is 0 Å². The van der Waals surface area contributed by atoms with E-state index in [2.05, 4.69) is 10.3 Å². The molecule has 3 aromatic rings. The Labute approximate surface area is 143 Å². The standard InChI is InChI=1S/C18H17FN4O2/c19-13-7-5-12(6-8-13)17-9-14(24)10-22(17)18(25)11-23-16-4-2-1-3-15(16)20-21-23/h1-8,14,17,24H,9-11H2. The van der Waals surface area contributed by atoms with Crippen LogP contribution in [0.4, 0.5) is 4.39 Å². The van der Waals surface area contributed by atoms with Gasteiger partial charge in [-0.25, -0.2) is 9.07 Å². The van der Waals surface area contributed by atoms with Crippen LogP contribution in [0.15, 0.2) is 48.5 Å². The maximum absolute atomic E-state index is 13.2. The van der Waals surface area contributed by atoms with Gasteiger partial charge in [0.1, 0.15) is 17.9 Å². The number of hydrogen-bond donors (Lipinski definition) is 1. The molecule has 2 atom stereocenters. The number of carbonyl (C=O) groups excluding carboxylic acids is 1. The number of aromatic nitrogens is 3. The molecule has 4 rings (SSSR count). The smallest absolute Gasteiger partial charge is 0.245 e. The van der Waals surface area contributed by atoms with Crippen molar-refractivity contribution in [2.75, 3.05) is 6.54 Å². The van der Waals surface area contributed by atoms with Crippen molar-refractivity contribution in [1.82, 2.24) is 19.9 Å². The quantitative estimate of drug-likeness (QED) is 0.791. The van der Waals surface area contributed by atoms with Gasteiger partial charge in [-0.15, -0.1) is 5.10 Å². The summed E-state index contributed by atoms with van der Waals surface area (Å²) in [6.45, 7) is 0.304. The summed E-state index contributed by atoms with van der Waals surface area (Å²) in [6, 6.07) is 13.2. The van der Waals surface area contributed by atoms with Crippen LogP contribution in [0, 0.1) is 5.82 Å². The summed E-state index contributed by atoms with van der Waals surface area (Å²) < 4.78 is 14.7. The molecule has 1 aliphatic heterocycles. The van der Waals surface area contributed by atoms with Crippen molar-refractivity contribution in [3.63, 3.8) is 0 Å². The zero-order chi connectivity index (χ0) is 17.4. The molecule has 7 heteroatoms. The van der Waals surface area contributed by atoms with E-state index in [1.54, 1.807) is 21.7 Å². The lowest BCUT2D eigenvalue weighted by Crippen LogP contribution is -2.34. The highest BCUT2D eigenvalue weighted by molar-refractivity contribution is 5.80. The van der Waals surface area contributed by atoms with E-state index in [-0.39, 0.29) is 30.9 Å². The fourth-order valence-corrected chi connectivity index (χ4v) is 3.34. The largest absolute Gasteiger partial charge is 0.391 e. The van der Waals surface area contributed by atoms with Crippen LogP contribution >= 0.6 is 0 Å². The van der Waals surface area contributed by atoms with Gasteiger partial charge in [0.15, 0.2) is 0 Å². The molecule has 1 amide bonds. The van der Waals surface area contributed by atoms with Crippen LogP contribution < -0.4 is 0 Å². The summed E-state index contributed by atoms with van der Waals surface area (Å²) in [7, 11) is 0. The van der Waals surface area contributed by atoms with Gasteiger partial charge in [0.2, 0.25) is 5.91 Å². The molecule has 0 saturated carbocycles. The number of fused-ring (bicyclic) bond motifs is 1. The van der Waals surface area contributed by atoms with Crippen molar-refractivity contribution in [3.8, 4) is 0 Å². The molecule has 1 aromatic heterocycles. The van der Waals surface area contributed by atoms with Crippen molar-refractivity contribution >= 4 is 16.9 Å². The van der Waals surface area contributed by atoms with Gasteiger partial charge in [0.05, 0.1) is 17.7 Å². The molecule has 0 radical (unpaired) electrons. The number of aliphatic hydroxyl groups excluding tert-OH is 1. The first-order chi connectivity index (χ1) is 12.1. The second kappa shape index (κ2) is 6.25. The second-order valence-electron chi connectivity index (χ2n) is 6.24. The van der Waals surface area contributed by atoms with Gasteiger partial charge in [0, 0.05) is 6.54 Å². The number of benzene rings is 2. The number of carbonyl (C=O) groups is 1. The van der Waals surface area contributed by atoms with E-state index in [1.165, 1.54) is 12.1 Å². The third-order valence-corrected chi connectivity index (χ3v) is 4.56. The minimum Gasteiger partial charge on any atom is -0.391 e. The van der Waals surface area contributed by atoms with Crippen LogP contribution in [0.25, 0.3) is 11.0 Å². The number of amides is 1. The number of halogens is 1. The minimum atomic E-state index is -0.591. The predicted octanol–water partition coefficient (Wildman–Crippen LogP) is 1.90. The average Bonchev–Trinajstić information content (AvgIpc) is 3.20. The summed E-state index contributed by atoms with van der Waals surface area (Å²) in [4.78, 5) is 14.4. The Balaban J connectivity index is 1.58. The van der Waals surface area contributed by atoms with Gasteiger partial charge in [0.25, 0.3) is 0 Å². The molecule has 128 valence electrons. The van der Waals surface area contributed by atoms with Crippen molar-refractivity contribution < 1.29 is 14.3 Å². The number of hydrogen-bond acceptors (Lipinski definition) is 4. The molecule has 0 bridgehead atoms. The first-order valence-electron chi connectivity index (χ1n) is 8.13. The van der Waals surface area contributed by atoms with E-state index < -0.39 is 6.10 Å². The van der Waals surface area contributed by atoms with E-state index in [0.717, 1.165) is 16.6 Å². The van der Waals surface area contributed by atoms with Crippen LogP contribution in [0.3, 0.4) is 0 Å². The van der Waals surface area contributed by atoms with Gasteiger partial charge in [-0.3, -0.25) is 4.79 Å². The van der Waals surface area contributed by atoms with Crippen molar-refractivity contribution in [2.45, 2.75) is 25.1 Å². The number of aliphatic hydroxyl groups is 1. The summed E-state index contributed by atoms with van der Waals surface area (Å²) in [5.74, 6) is -0.476. The van der Waals surface area contributed by atoms with Crippen LogP contribution in [0.1, 0.15) is 18.0 Å². The lowest BCUT2D eigenvalue weighted by atomic mass is 10.0. The summed E-state index contributed by atoms with van der Waals surface area (Å²) >= 11 is 0. The van der Waals surface area contributed by atoms with E-state index in [0.29, 0.717) is 6.42 Å². The molecule has 1 fully saturated rings. The first kappa shape index (κ1) is 15.7. The SMILES string of the molecule is O=C(Cn1nnc2ccccc21)N1CC(O)CC1c1ccc(F)cc1. The maximum atomic E-state index is 13.2. The van der Waals surface area contributed by atoms with E-state index in [4.69, 9.17) is 0 Å². The van der Waals surface area contributed by atoms with Crippen LogP contribution in [-0.2, 0) is 11.3 Å². The molecule has 2 unspecified atom stereocenters. The molecule has 0 spiro atoms. The summed E-state index contributed by atoms with van der Waals surface area (Å²) in [6.07, 6.45) is -0.151. The lowest BCUT2D eigenvalue weighted by Gasteiger charge is -2.24. The Morgan fingerprint density at radius 1 is 1.20 bits per heavy atom. The predicted molar refractivity (Wildman–Crippen MR) is 89.0 cm³/mol. The van der Waals surface area contributed by atoms with Crippen molar-refractivity contribution in [2.24, 2.45) is 0 Å². The van der Waals surface area contributed by atoms with Crippen LogP contribution in [-0.4, -0.2) is 43.6 Å². The van der Waals surface area contributed by atoms with E-state index in [1.807, 2.05) is 24.3 Å². The highest BCUT2D eigenvalue weighted by Crippen LogP contribution is 2.32. The highest BCUT2D eigenvalue weighted by Gasteiger charge is 2.35. The van der Waals surface area contributed by atoms with Gasteiger partial charge in [-0.2, -0.15) is 0 Å². The third-order valence-electron chi connectivity index (χ3n) is 4.56. The number of para-hydroxylation sites is 1. The van der Waals surface area contributed by atoms with Crippen LogP contribution in [0.2, 0.25) is 0 Å². The molecular formula is C18H17FN4O2. The van der Waals surface area contributed by atoms with Gasteiger partial charge in [-0.05, 0) is 36.2 Å². The molecular weight excluding hydrogens is 323 g/mol. The normalized spacial score (nSPS) is 20.3. The third kappa shape index (κ3) is 2.98. The molecule has 1 aliphatic rings. The van der Waals surface area contributed by atoms with Crippen LogP contribution in [0.5, 0.6) is 0 Å². The number of β-amino-alcohol motifs (C(OH)–C–C–N with tert-alkyl or cyclic N) is 1. The molecule has 0 aliphatic carbocycles. The maximum Gasteiger partial charge on any atom is 0.245 e.